The lowest BCUT2D eigenvalue weighted by atomic mass is 10.1. The highest BCUT2D eigenvalue weighted by Crippen LogP contribution is 2.17. The molecule has 106 valence electrons. The predicted molar refractivity (Wildman–Crippen MR) is 76.7 cm³/mol. The summed E-state index contributed by atoms with van der Waals surface area (Å²) in [7, 11) is 0. The van der Waals surface area contributed by atoms with E-state index in [4.69, 9.17) is 5.73 Å². The second-order valence-electron chi connectivity index (χ2n) is 4.52. The fourth-order valence-corrected chi connectivity index (χ4v) is 2.00. The highest BCUT2D eigenvalue weighted by Gasteiger charge is 2.15. The number of carbonyl (C=O) groups is 1. The molecule has 0 saturated heterocycles. The van der Waals surface area contributed by atoms with Crippen molar-refractivity contribution in [3.05, 3.63) is 38.9 Å². The number of aromatic nitrogens is 2. The van der Waals surface area contributed by atoms with Gasteiger partial charge in [0.05, 0.1) is 22.5 Å². The summed E-state index contributed by atoms with van der Waals surface area (Å²) in [6, 6.07) is 4.03. The number of anilines is 1. The van der Waals surface area contributed by atoms with Gasteiger partial charge >= 0.3 is 0 Å². The van der Waals surface area contributed by atoms with Crippen LogP contribution in [0.4, 0.5) is 5.69 Å². The summed E-state index contributed by atoms with van der Waals surface area (Å²) < 4.78 is 0. The first-order valence-electron chi connectivity index (χ1n) is 6.34. The molecule has 7 heteroatoms. The normalized spacial score (nSPS) is 12.3. The molecule has 1 heterocycles. The highest BCUT2D eigenvalue weighted by molar-refractivity contribution is 6.03. The van der Waals surface area contributed by atoms with E-state index in [9.17, 15) is 14.4 Å². The van der Waals surface area contributed by atoms with E-state index >= 15 is 0 Å². The Morgan fingerprint density at radius 1 is 1.30 bits per heavy atom. The maximum absolute atomic E-state index is 11.9. The van der Waals surface area contributed by atoms with Crippen molar-refractivity contribution in [1.82, 2.24) is 10.2 Å². The molecule has 2 rings (SSSR count). The monoisotopic (exact) mass is 276 g/mol. The Hall–Kier alpha value is -2.41. The van der Waals surface area contributed by atoms with E-state index in [0.717, 1.165) is 6.42 Å². The molecule has 0 aliphatic carbocycles. The van der Waals surface area contributed by atoms with Gasteiger partial charge in [0, 0.05) is 0 Å². The van der Waals surface area contributed by atoms with Gasteiger partial charge < -0.3 is 11.1 Å². The van der Waals surface area contributed by atoms with Crippen LogP contribution in [-0.4, -0.2) is 22.1 Å². The molecule has 0 fully saturated rings. The molecule has 1 aromatic carbocycles. The molecule has 0 radical (unpaired) electrons. The van der Waals surface area contributed by atoms with Crippen LogP contribution in [0.5, 0.6) is 0 Å². The van der Waals surface area contributed by atoms with E-state index in [1.54, 1.807) is 12.1 Å². The number of aromatic amines is 2. The van der Waals surface area contributed by atoms with E-state index in [2.05, 4.69) is 15.5 Å². The number of H-pyrrole nitrogens is 2. The van der Waals surface area contributed by atoms with Gasteiger partial charge in [-0.05, 0) is 18.6 Å². The van der Waals surface area contributed by atoms with Crippen LogP contribution in [0.25, 0.3) is 10.8 Å². The van der Waals surface area contributed by atoms with Crippen LogP contribution in [0.2, 0.25) is 0 Å². The zero-order valence-corrected chi connectivity index (χ0v) is 11.0. The number of nitrogens with two attached hydrogens (primary N) is 1. The third kappa shape index (κ3) is 2.62. The van der Waals surface area contributed by atoms with E-state index in [1.165, 1.54) is 6.07 Å². The van der Waals surface area contributed by atoms with Gasteiger partial charge in [0.2, 0.25) is 5.91 Å². The number of carbonyl (C=O) groups excluding carboxylic acids is 1. The Kier molecular flexibility index (Phi) is 3.99. The molecule has 0 bridgehead atoms. The zero-order chi connectivity index (χ0) is 14.7. The van der Waals surface area contributed by atoms with Crippen molar-refractivity contribution in [3.8, 4) is 0 Å². The van der Waals surface area contributed by atoms with Gasteiger partial charge in [0.15, 0.2) is 0 Å². The predicted octanol–water partition coefficient (Wildman–Crippen LogP) is 0.282. The number of rotatable bonds is 4. The first-order chi connectivity index (χ1) is 9.54. The van der Waals surface area contributed by atoms with Crippen molar-refractivity contribution in [2.24, 2.45) is 5.73 Å². The second-order valence-corrected chi connectivity index (χ2v) is 4.52. The summed E-state index contributed by atoms with van der Waals surface area (Å²) in [5.74, 6) is -0.376. The van der Waals surface area contributed by atoms with Crippen molar-refractivity contribution < 1.29 is 4.79 Å². The highest BCUT2D eigenvalue weighted by atomic mass is 16.2. The van der Waals surface area contributed by atoms with E-state index in [-0.39, 0.29) is 22.4 Å². The summed E-state index contributed by atoms with van der Waals surface area (Å²) in [6.45, 7) is 1.93. The Labute approximate surface area is 114 Å². The smallest absolute Gasteiger partial charge is 0.272 e. The summed E-state index contributed by atoms with van der Waals surface area (Å²) >= 11 is 0. The Morgan fingerprint density at radius 3 is 2.70 bits per heavy atom. The molecule has 20 heavy (non-hydrogen) atoms. The maximum Gasteiger partial charge on any atom is 0.272 e. The van der Waals surface area contributed by atoms with Crippen molar-refractivity contribution in [1.29, 1.82) is 0 Å². The first-order valence-corrected chi connectivity index (χ1v) is 6.34. The van der Waals surface area contributed by atoms with Crippen molar-refractivity contribution in [2.45, 2.75) is 25.8 Å². The van der Waals surface area contributed by atoms with Crippen LogP contribution >= 0.6 is 0 Å². The topological polar surface area (TPSA) is 121 Å². The van der Waals surface area contributed by atoms with Crippen molar-refractivity contribution in [2.75, 3.05) is 5.32 Å². The van der Waals surface area contributed by atoms with Crippen LogP contribution < -0.4 is 22.2 Å². The summed E-state index contributed by atoms with van der Waals surface area (Å²) in [4.78, 5) is 35.4. The number of nitrogens with one attached hydrogen (secondary N) is 3. The Morgan fingerprint density at radius 2 is 2.00 bits per heavy atom. The van der Waals surface area contributed by atoms with Gasteiger partial charge in [-0.2, -0.15) is 0 Å². The molecular weight excluding hydrogens is 260 g/mol. The van der Waals surface area contributed by atoms with Gasteiger partial charge in [-0.3, -0.25) is 24.6 Å². The molecule has 2 aromatic rings. The SMILES string of the molecule is CCC[C@H](N)C(=O)Nc1cccc2c(=O)[nH][nH]c(=O)c12. The van der Waals surface area contributed by atoms with Gasteiger partial charge in [-0.15, -0.1) is 0 Å². The largest absolute Gasteiger partial charge is 0.324 e. The molecule has 0 aliphatic rings. The van der Waals surface area contributed by atoms with E-state index < -0.39 is 17.2 Å². The molecule has 1 atom stereocenters. The van der Waals surface area contributed by atoms with Crippen LogP contribution in [0.1, 0.15) is 19.8 Å². The molecule has 0 aliphatic heterocycles. The molecule has 0 spiro atoms. The fourth-order valence-electron chi connectivity index (χ4n) is 2.00. The fraction of sp³-hybridized carbons (Fsp3) is 0.308. The number of fused-ring (bicyclic) bond motifs is 1. The standard InChI is InChI=1S/C13H16N4O3/c1-2-4-8(14)12(19)15-9-6-3-5-7-10(9)13(20)17-16-11(7)18/h3,5-6,8H,2,4,14H2,1H3,(H,15,19)(H,16,18)(H,17,20)/t8-/m0/s1. The molecule has 5 N–H and O–H groups in total. The third-order valence-electron chi connectivity index (χ3n) is 3.02. The number of hydrogen-bond donors (Lipinski definition) is 4. The van der Waals surface area contributed by atoms with Gasteiger partial charge in [-0.25, -0.2) is 0 Å². The molecule has 0 saturated carbocycles. The van der Waals surface area contributed by atoms with Gasteiger partial charge in [0.25, 0.3) is 11.1 Å². The van der Waals surface area contributed by atoms with Crippen LogP contribution in [0.3, 0.4) is 0 Å². The van der Waals surface area contributed by atoms with Gasteiger partial charge in [-0.1, -0.05) is 19.4 Å². The maximum atomic E-state index is 11.9. The average molecular weight is 276 g/mol. The van der Waals surface area contributed by atoms with Crippen LogP contribution in [0, 0.1) is 0 Å². The molecule has 1 amide bonds. The lowest BCUT2D eigenvalue weighted by Crippen LogP contribution is -2.35. The summed E-state index contributed by atoms with van der Waals surface area (Å²) in [5.41, 5.74) is 5.11. The summed E-state index contributed by atoms with van der Waals surface area (Å²) in [5, 5.41) is 7.44. The Bertz CT molecular complexity index is 747. The van der Waals surface area contributed by atoms with Gasteiger partial charge in [0.1, 0.15) is 0 Å². The molecule has 0 unspecified atom stereocenters. The van der Waals surface area contributed by atoms with E-state index in [0.29, 0.717) is 6.42 Å². The zero-order valence-electron chi connectivity index (χ0n) is 11.0. The van der Waals surface area contributed by atoms with Crippen molar-refractivity contribution >= 4 is 22.4 Å². The lowest BCUT2D eigenvalue weighted by Gasteiger charge is -2.12. The lowest BCUT2D eigenvalue weighted by molar-refractivity contribution is -0.117. The molecular formula is C13H16N4O3. The Balaban J connectivity index is 2.46. The summed E-state index contributed by atoms with van der Waals surface area (Å²) in [6.07, 6.45) is 1.33. The third-order valence-corrected chi connectivity index (χ3v) is 3.02. The van der Waals surface area contributed by atoms with Crippen molar-refractivity contribution in [3.63, 3.8) is 0 Å². The average Bonchev–Trinajstić information content (AvgIpc) is 2.43. The van der Waals surface area contributed by atoms with Crippen LogP contribution in [-0.2, 0) is 4.79 Å². The minimum atomic E-state index is -0.642. The van der Waals surface area contributed by atoms with Crippen LogP contribution in [0.15, 0.2) is 27.8 Å². The molecule has 1 aromatic heterocycles. The minimum Gasteiger partial charge on any atom is -0.324 e. The quantitative estimate of drug-likeness (QED) is 0.641. The number of benzene rings is 1. The number of amides is 1. The first kappa shape index (κ1) is 14.0. The second kappa shape index (κ2) is 5.70. The minimum absolute atomic E-state index is 0.147. The molecule has 7 nitrogen and oxygen atoms in total. The van der Waals surface area contributed by atoms with E-state index in [1.807, 2.05) is 6.92 Å². The number of hydrogen-bond acceptors (Lipinski definition) is 4.